The molecule has 2 aromatic heterocycles. The summed E-state index contributed by atoms with van der Waals surface area (Å²) in [4.78, 5) is 19.2. The third kappa shape index (κ3) is 3.68. The van der Waals surface area contributed by atoms with Gasteiger partial charge in [-0.2, -0.15) is 13.2 Å². The van der Waals surface area contributed by atoms with Crippen LogP contribution in [0.3, 0.4) is 0 Å². The number of hydrogen-bond acceptors (Lipinski definition) is 7. The summed E-state index contributed by atoms with van der Waals surface area (Å²) in [5, 5.41) is 24.7. The van der Waals surface area contributed by atoms with Crippen molar-refractivity contribution in [3.8, 4) is 22.8 Å². The Balaban J connectivity index is 1.82. The van der Waals surface area contributed by atoms with E-state index < -0.39 is 29.1 Å². The van der Waals surface area contributed by atoms with Crippen LogP contribution in [0.4, 0.5) is 24.9 Å². The van der Waals surface area contributed by atoms with Crippen LogP contribution in [0.25, 0.3) is 11.3 Å². The molecule has 8 nitrogen and oxygen atoms in total. The molecule has 0 aliphatic heterocycles. The molecule has 0 atom stereocenters. The molecule has 11 heteroatoms. The van der Waals surface area contributed by atoms with E-state index in [9.17, 15) is 28.2 Å². The molecule has 1 amide bonds. The summed E-state index contributed by atoms with van der Waals surface area (Å²) in [6, 6.07) is 4.18. The molecule has 0 spiro atoms. The Kier molecular flexibility index (Phi) is 4.82. The highest BCUT2D eigenvalue weighted by Gasteiger charge is 2.30. The van der Waals surface area contributed by atoms with Crippen LogP contribution in [0.5, 0.6) is 11.5 Å². The molecule has 0 bridgehead atoms. The number of oxazole rings is 1. The van der Waals surface area contributed by atoms with Gasteiger partial charge >= 0.3 is 6.18 Å². The lowest BCUT2D eigenvalue weighted by Gasteiger charge is -2.09. The van der Waals surface area contributed by atoms with Crippen molar-refractivity contribution in [1.82, 2.24) is 15.3 Å². The lowest BCUT2D eigenvalue weighted by atomic mass is 10.1. The molecule has 1 aromatic carbocycles. The number of amides is 1. The maximum Gasteiger partial charge on any atom is 0.416 e. The maximum absolute atomic E-state index is 12.6. The molecule has 28 heavy (non-hydrogen) atoms. The van der Waals surface area contributed by atoms with E-state index in [1.807, 2.05) is 0 Å². The second-order valence-electron chi connectivity index (χ2n) is 5.53. The lowest BCUT2D eigenvalue weighted by Crippen LogP contribution is -2.19. The van der Waals surface area contributed by atoms with Gasteiger partial charge in [-0.05, 0) is 12.1 Å². The number of halogens is 3. The molecule has 0 unspecified atom stereocenters. The van der Waals surface area contributed by atoms with Gasteiger partial charge in [0.25, 0.3) is 11.9 Å². The van der Waals surface area contributed by atoms with Crippen molar-refractivity contribution in [1.29, 1.82) is 0 Å². The van der Waals surface area contributed by atoms with Gasteiger partial charge in [-0.25, -0.2) is 9.97 Å². The number of hydrogen-bond donors (Lipinski definition) is 4. The van der Waals surface area contributed by atoms with Crippen LogP contribution in [0.1, 0.15) is 16.1 Å². The fourth-order valence-electron chi connectivity index (χ4n) is 2.27. The van der Waals surface area contributed by atoms with Crippen molar-refractivity contribution < 1.29 is 32.6 Å². The minimum atomic E-state index is -4.44. The van der Waals surface area contributed by atoms with E-state index in [2.05, 4.69) is 20.6 Å². The largest absolute Gasteiger partial charge is 0.503 e. The van der Waals surface area contributed by atoms with E-state index in [0.717, 1.165) is 18.3 Å². The zero-order valence-electron chi connectivity index (χ0n) is 14.2. The SMILES string of the molecule is CNC(=O)c1ncc(Nc2ncc(-c3ccc(C(F)(F)F)cc3)o2)c(O)c1O. The summed E-state index contributed by atoms with van der Waals surface area (Å²) >= 11 is 0. The Labute approximate surface area is 155 Å². The van der Waals surface area contributed by atoms with Crippen molar-refractivity contribution >= 4 is 17.6 Å². The number of aromatic nitrogens is 2. The normalized spacial score (nSPS) is 11.3. The number of benzene rings is 1. The first-order chi connectivity index (χ1) is 13.2. The topological polar surface area (TPSA) is 121 Å². The first-order valence-electron chi connectivity index (χ1n) is 7.74. The molecule has 0 aliphatic rings. The minimum Gasteiger partial charge on any atom is -0.503 e. The van der Waals surface area contributed by atoms with Gasteiger partial charge in [0.15, 0.2) is 23.0 Å². The highest BCUT2D eigenvalue weighted by Crippen LogP contribution is 2.37. The molecule has 0 radical (unpaired) electrons. The average molecular weight is 394 g/mol. The zero-order valence-corrected chi connectivity index (χ0v) is 14.2. The van der Waals surface area contributed by atoms with Gasteiger partial charge in [0.05, 0.1) is 18.0 Å². The Morgan fingerprint density at radius 3 is 2.36 bits per heavy atom. The number of carbonyl (C=O) groups excluding carboxylic acids is 1. The maximum atomic E-state index is 12.6. The zero-order chi connectivity index (χ0) is 20.5. The predicted octanol–water partition coefficient (Wildman–Crippen LogP) is 3.27. The highest BCUT2D eigenvalue weighted by molar-refractivity contribution is 5.96. The second-order valence-corrected chi connectivity index (χ2v) is 5.53. The van der Waals surface area contributed by atoms with E-state index in [-0.39, 0.29) is 23.2 Å². The number of alkyl halides is 3. The first kappa shape index (κ1) is 19.0. The van der Waals surface area contributed by atoms with Crippen molar-refractivity contribution in [3.05, 3.63) is 47.9 Å². The van der Waals surface area contributed by atoms with Gasteiger partial charge in [-0.15, -0.1) is 0 Å². The van der Waals surface area contributed by atoms with Crippen molar-refractivity contribution in [3.63, 3.8) is 0 Å². The number of nitrogens with zero attached hydrogens (tertiary/aromatic N) is 2. The van der Waals surface area contributed by atoms with Crippen LogP contribution in [-0.2, 0) is 6.18 Å². The quantitative estimate of drug-likeness (QED) is 0.536. The molecule has 3 rings (SSSR count). The number of anilines is 2. The van der Waals surface area contributed by atoms with Crippen LogP contribution < -0.4 is 10.6 Å². The summed E-state index contributed by atoms with van der Waals surface area (Å²) in [6.07, 6.45) is -2.09. The fraction of sp³-hybridized carbons (Fsp3) is 0.118. The second kappa shape index (κ2) is 7.10. The highest BCUT2D eigenvalue weighted by atomic mass is 19.4. The summed E-state index contributed by atoms with van der Waals surface area (Å²) in [5.74, 6) is -1.91. The Bertz CT molecular complexity index is 1020. The van der Waals surface area contributed by atoms with Gasteiger partial charge in [0.2, 0.25) is 0 Å². The Morgan fingerprint density at radius 2 is 1.75 bits per heavy atom. The average Bonchev–Trinajstić information content (AvgIpc) is 3.13. The number of rotatable bonds is 4. The Morgan fingerprint density at radius 1 is 1.07 bits per heavy atom. The molecular weight excluding hydrogens is 381 g/mol. The van der Waals surface area contributed by atoms with Crippen LogP contribution in [0, 0.1) is 0 Å². The van der Waals surface area contributed by atoms with Crippen LogP contribution in [-0.4, -0.2) is 33.1 Å². The fourth-order valence-corrected chi connectivity index (χ4v) is 2.27. The van der Waals surface area contributed by atoms with E-state index in [4.69, 9.17) is 4.42 Å². The summed E-state index contributed by atoms with van der Waals surface area (Å²) in [7, 11) is 1.34. The molecular formula is C17H13F3N4O4. The van der Waals surface area contributed by atoms with Crippen molar-refractivity contribution in [2.75, 3.05) is 12.4 Å². The lowest BCUT2D eigenvalue weighted by molar-refractivity contribution is -0.137. The van der Waals surface area contributed by atoms with Gasteiger partial charge in [0, 0.05) is 12.6 Å². The Hall–Kier alpha value is -3.76. The van der Waals surface area contributed by atoms with E-state index in [0.29, 0.717) is 5.56 Å². The number of aromatic hydroxyl groups is 2. The number of nitrogens with one attached hydrogen (secondary N) is 2. The van der Waals surface area contributed by atoms with Crippen molar-refractivity contribution in [2.45, 2.75) is 6.18 Å². The van der Waals surface area contributed by atoms with Gasteiger partial charge in [-0.1, -0.05) is 12.1 Å². The van der Waals surface area contributed by atoms with Crippen LogP contribution in [0.2, 0.25) is 0 Å². The summed E-state index contributed by atoms with van der Waals surface area (Å²) in [5.41, 5.74) is -0.903. The molecule has 146 valence electrons. The van der Waals surface area contributed by atoms with Gasteiger partial charge < -0.3 is 25.3 Å². The molecule has 0 aliphatic carbocycles. The minimum absolute atomic E-state index is 0.0917. The van der Waals surface area contributed by atoms with Gasteiger partial charge in [0.1, 0.15) is 5.69 Å². The molecule has 4 N–H and O–H groups in total. The first-order valence-corrected chi connectivity index (χ1v) is 7.74. The third-order valence-electron chi connectivity index (χ3n) is 3.71. The molecule has 0 fully saturated rings. The number of pyridine rings is 1. The molecule has 3 aromatic rings. The molecule has 0 saturated heterocycles. The predicted molar refractivity (Wildman–Crippen MR) is 91.2 cm³/mol. The monoisotopic (exact) mass is 394 g/mol. The summed E-state index contributed by atoms with van der Waals surface area (Å²) < 4.78 is 43.2. The molecule has 2 heterocycles. The standard InChI is InChI=1S/C17H13F3N4O4/c1-21-15(27)12-14(26)13(25)10(6-22-12)24-16-23-7-11(28-16)8-2-4-9(5-3-8)17(18,19)20/h2-7,26H,1H3,(H,21,27)(H,22,25)(H,23,24). The van der Waals surface area contributed by atoms with E-state index >= 15 is 0 Å². The van der Waals surface area contributed by atoms with Crippen molar-refractivity contribution in [2.24, 2.45) is 0 Å². The molecule has 0 saturated carbocycles. The summed E-state index contributed by atoms with van der Waals surface area (Å²) in [6.45, 7) is 0. The van der Waals surface area contributed by atoms with Crippen LogP contribution in [0.15, 0.2) is 41.1 Å². The van der Waals surface area contributed by atoms with Crippen LogP contribution >= 0.6 is 0 Å². The van der Waals surface area contributed by atoms with Gasteiger partial charge in [-0.3, -0.25) is 4.79 Å². The number of carbonyl (C=O) groups is 1. The van der Waals surface area contributed by atoms with E-state index in [1.165, 1.54) is 25.4 Å². The third-order valence-corrected chi connectivity index (χ3v) is 3.71. The smallest absolute Gasteiger partial charge is 0.416 e. The van der Waals surface area contributed by atoms with E-state index in [1.54, 1.807) is 0 Å².